The number of rotatable bonds is 4. The lowest BCUT2D eigenvalue weighted by Gasteiger charge is -2.10. The highest BCUT2D eigenvalue weighted by Gasteiger charge is 2.15. The number of hydrogen-bond donors (Lipinski definition) is 8. The molecule has 0 radical (unpaired) electrons. The fraction of sp³-hybridized carbons (Fsp3) is 0. The number of anilines is 2. The van der Waals surface area contributed by atoms with Crippen LogP contribution in [0.1, 0.15) is 41.4 Å². The van der Waals surface area contributed by atoms with Crippen LogP contribution in [0.4, 0.5) is 11.4 Å². The average molecular weight is 464 g/mol. The smallest absolute Gasteiger partial charge is 0.273 e. The second-order valence-corrected chi connectivity index (χ2v) is 6.95. The third kappa shape index (κ3) is 5.50. The Bertz CT molecular complexity index is 1180. The zero-order chi connectivity index (χ0) is 24.8. The van der Waals surface area contributed by atoms with Crippen LogP contribution in [0.25, 0.3) is 0 Å². The summed E-state index contributed by atoms with van der Waals surface area (Å²) in [6.45, 7) is 0. The number of hydrogen-bond acceptors (Lipinski definition) is 8. The van der Waals surface area contributed by atoms with E-state index in [0.29, 0.717) is 0 Å². The monoisotopic (exact) mass is 464 g/mol. The molecule has 0 unspecified atom stereocenters. The number of nitrogens with one attached hydrogen (secondary N) is 4. The van der Waals surface area contributed by atoms with E-state index in [-0.39, 0.29) is 45.1 Å². The number of benzene rings is 3. The minimum atomic E-state index is -0.760. The number of amides is 4. The maximum absolute atomic E-state index is 12.2. The maximum Gasteiger partial charge on any atom is 0.273 e. The van der Waals surface area contributed by atoms with Gasteiger partial charge in [0, 0.05) is 34.6 Å². The molecule has 174 valence electrons. The molecule has 0 fully saturated rings. The first kappa shape index (κ1) is 23.4. The van der Waals surface area contributed by atoms with E-state index >= 15 is 0 Å². The largest absolute Gasteiger partial charge is 0.507 e. The van der Waals surface area contributed by atoms with E-state index in [4.69, 9.17) is 11.5 Å². The second-order valence-electron chi connectivity index (χ2n) is 6.95. The Morgan fingerprint density at radius 1 is 0.529 bits per heavy atom. The van der Waals surface area contributed by atoms with Crippen LogP contribution in [-0.2, 0) is 0 Å². The van der Waals surface area contributed by atoms with Gasteiger partial charge in [-0.05, 0) is 48.5 Å². The Morgan fingerprint density at radius 2 is 0.853 bits per heavy atom. The number of nitrogens with two attached hydrogens (primary N) is 2. The quantitative estimate of drug-likeness (QED) is 0.200. The van der Waals surface area contributed by atoms with Gasteiger partial charge in [0.15, 0.2) is 0 Å². The van der Waals surface area contributed by atoms with Crippen molar-refractivity contribution in [3.63, 3.8) is 0 Å². The first-order valence-electron chi connectivity index (χ1n) is 9.64. The SMILES string of the molecule is Nc1ccc(C(=O)NNC(=O)c2ccc(C(=O)NNC(=O)c3ccc(N)cc3O)cc2)c(O)c1. The van der Waals surface area contributed by atoms with E-state index in [0.717, 1.165) is 0 Å². The zero-order valence-corrected chi connectivity index (χ0v) is 17.5. The molecule has 4 amide bonds. The molecule has 3 rings (SSSR count). The number of nitrogen functional groups attached to an aromatic ring is 2. The molecule has 12 nitrogen and oxygen atoms in total. The van der Waals surface area contributed by atoms with Gasteiger partial charge < -0.3 is 21.7 Å². The highest BCUT2D eigenvalue weighted by Crippen LogP contribution is 2.20. The van der Waals surface area contributed by atoms with Gasteiger partial charge in [-0.15, -0.1) is 0 Å². The highest BCUT2D eigenvalue weighted by molar-refractivity contribution is 6.02. The van der Waals surface area contributed by atoms with Crippen LogP contribution in [0.5, 0.6) is 11.5 Å². The molecule has 0 saturated carbocycles. The van der Waals surface area contributed by atoms with Gasteiger partial charge in [0.05, 0.1) is 11.1 Å². The second kappa shape index (κ2) is 9.91. The number of aromatic hydroxyl groups is 2. The summed E-state index contributed by atoms with van der Waals surface area (Å²) in [6.07, 6.45) is 0. The fourth-order valence-electron chi connectivity index (χ4n) is 2.76. The van der Waals surface area contributed by atoms with Gasteiger partial charge in [0.25, 0.3) is 23.6 Å². The molecular formula is C22H20N6O6. The van der Waals surface area contributed by atoms with Gasteiger partial charge >= 0.3 is 0 Å². The number of phenolic OH excluding ortho intramolecular Hbond substituents is 2. The molecule has 0 spiro atoms. The molecule has 0 saturated heterocycles. The number of carbonyl (C=O) groups excluding carboxylic acids is 4. The van der Waals surface area contributed by atoms with Crippen molar-refractivity contribution in [1.29, 1.82) is 0 Å². The van der Waals surface area contributed by atoms with Crippen molar-refractivity contribution in [2.75, 3.05) is 11.5 Å². The maximum atomic E-state index is 12.2. The third-order valence-electron chi connectivity index (χ3n) is 4.52. The Balaban J connectivity index is 1.54. The summed E-state index contributed by atoms with van der Waals surface area (Å²) in [5.74, 6) is -3.57. The molecule has 0 aromatic heterocycles. The lowest BCUT2D eigenvalue weighted by molar-refractivity contribution is 0.0843. The van der Waals surface area contributed by atoms with Crippen molar-refractivity contribution in [2.45, 2.75) is 0 Å². The van der Waals surface area contributed by atoms with Gasteiger partial charge in [-0.25, -0.2) is 0 Å². The van der Waals surface area contributed by atoms with Crippen molar-refractivity contribution < 1.29 is 29.4 Å². The molecule has 3 aromatic rings. The molecule has 0 atom stereocenters. The minimum Gasteiger partial charge on any atom is -0.507 e. The summed E-state index contributed by atoms with van der Waals surface area (Å²) >= 11 is 0. The fourth-order valence-corrected chi connectivity index (χ4v) is 2.76. The van der Waals surface area contributed by atoms with Gasteiger partial charge in [-0.3, -0.25) is 40.9 Å². The third-order valence-corrected chi connectivity index (χ3v) is 4.52. The first-order chi connectivity index (χ1) is 16.2. The zero-order valence-electron chi connectivity index (χ0n) is 17.5. The van der Waals surface area contributed by atoms with Crippen LogP contribution in [0, 0.1) is 0 Å². The number of carbonyl (C=O) groups is 4. The number of phenols is 2. The summed E-state index contributed by atoms with van der Waals surface area (Å²) in [5, 5.41) is 19.5. The standard InChI is InChI=1S/C22H20N6O6/c23-13-5-7-15(17(29)9-13)21(33)27-25-19(31)11-1-2-12(4-3-11)20(32)26-28-22(34)16-8-6-14(24)10-18(16)30/h1-10,29-30H,23-24H2,(H,25,31)(H,26,32)(H,27,33)(H,28,34). The van der Waals surface area contributed by atoms with Gasteiger partial charge in [-0.1, -0.05) is 0 Å². The molecule has 10 N–H and O–H groups in total. The minimum absolute atomic E-state index is 0.0872. The summed E-state index contributed by atoms with van der Waals surface area (Å²) in [7, 11) is 0. The van der Waals surface area contributed by atoms with Crippen LogP contribution >= 0.6 is 0 Å². The van der Waals surface area contributed by atoms with E-state index in [9.17, 15) is 29.4 Å². The summed E-state index contributed by atoms with van der Waals surface area (Å²) < 4.78 is 0. The molecule has 0 bridgehead atoms. The van der Waals surface area contributed by atoms with Gasteiger partial charge in [-0.2, -0.15) is 0 Å². The molecule has 0 aliphatic rings. The predicted molar refractivity (Wildman–Crippen MR) is 121 cm³/mol. The Labute approximate surface area is 192 Å². The number of hydrazine groups is 2. The lowest BCUT2D eigenvalue weighted by atomic mass is 10.1. The van der Waals surface area contributed by atoms with E-state index in [2.05, 4.69) is 21.7 Å². The molecule has 0 aliphatic carbocycles. The van der Waals surface area contributed by atoms with E-state index in [1.807, 2.05) is 0 Å². The molecule has 0 heterocycles. The molecule has 3 aromatic carbocycles. The van der Waals surface area contributed by atoms with Crippen molar-refractivity contribution in [2.24, 2.45) is 0 Å². The van der Waals surface area contributed by atoms with Crippen molar-refractivity contribution in [3.8, 4) is 11.5 Å². The van der Waals surface area contributed by atoms with Gasteiger partial charge in [0.2, 0.25) is 0 Å². The Morgan fingerprint density at radius 3 is 1.18 bits per heavy atom. The van der Waals surface area contributed by atoms with E-state index in [1.165, 1.54) is 60.7 Å². The first-order valence-corrected chi connectivity index (χ1v) is 9.64. The van der Waals surface area contributed by atoms with Crippen LogP contribution in [0.2, 0.25) is 0 Å². The van der Waals surface area contributed by atoms with Crippen molar-refractivity contribution in [1.82, 2.24) is 21.7 Å². The van der Waals surface area contributed by atoms with Crippen LogP contribution < -0.4 is 33.2 Å². The molecule has 34 heavy (non-hydrogen) atoms. The Hall–Kier alpha value is -5.26. The Kier molecular flexibility index (Phi) is 6.82. The molecule has 12 heteroatoms. The normalized spacial score (nSPS) is 10.1. The summed E-state index contributed by atoms with van der Waals surface area (Å²) in [5.41, 5.74) is 20.3. The van der Waals surface area contributed by atoms with Gasteiger partial charge in [0.1, 0.15) is 11.5 Å². The molecule has 0 aliphatic heterocycles. The van der Waals surface area contributed by atoms with Crippen molar-refractivity contribution in [3.05, 3.63) is 82.9 Å². The average Bonchev–Trinajstić information content (AvgIpc) is 2.80. The van der Waals surface area contributed by atoms with E-state index < -0.39 is 23.6 Å². The lowest BCUT2D eigenvalue weighted by Crippen LogP contribution is -2.42. The summed E-state index contributed by atoms with van der Waals surface area (Å²) in [4.78, 5) is 48.6. The predicted octanol–water partition coefficient (Wildman–Crippen LogP) is 0.412. The van der Waals surface area contributed by atoms with Crippen molar-refractivity contribution >= 4 is 35.0 Å². The topological polar surface area (TPSA) is 209 Å². The van der Waals surface area contributed by atoms with E-state index in [1.54, 1.807) is 0 Å². The highest BCUT2D eigenvalue weighted by atomic mass is 16.3. The summed E-state index contributed by atoms with van der Waals surface area (Å²) in [6, 6.07) is 13.1. The van der Waals surface area contributed by atoms with Crippen LogP contribution in [0.3, 0.4) is 0 Å². The van der Waals surface area contributed by atoms with Crippen LogP contribution in [-0.4, -0.2) is 33.8 Å². The van der Waals surface area contributed by atoms with Crippen LogP contribution in [0.15, 0.2) is 60.7 Å². The molecular weight excluding hydrogens is 444 g/mol.